The first kappa shape index (κ1) is 22.2. The number of hydrogen-bond donors (Lipinski definition) is 1. The van der Waals surface area contributed by atoms with Gasteiger partial charge in [0, 0.05) is 24.8 Å². The van der Waals surface area contributed by atoms with Gasteiger partial charge in [-0.05, 0) is 62.2 Å². The Hall–Kier alpha value is -4.03. The Labute approximate surface area is 193 Å². The van der Waals surface area contributed by atoms with Gasteiger partial charge >= 0.3 is 5.97 Å². The molecule has 1 atom stereocenters. The molecule has 1 aliphatic heterocycles. The van der Waals surface area contributed by atoms with E-state index in [0.29, 0.717) is 14.8 Å². The summed E-state index contributed by atoms with van der Waals surface area (Å²) >= 11 is 1.15. The van der Waals surface area contributed by atoms with Gasteiger partial charge in [-0.15, -0.1) is 11.3 Å². The van der Waals surface area contributed by atoms with Gasteiger partial charge in [-0.2, -0.15) is 5.26 Å². The summed E-state index contributed by atoms with van der Waals surface area (Å²) in [5, 5.41) is 10.1. The van der Waals surface area contributed by atoms with E-state index in [2.05, 4.69) is 16.0 Å². The maximum absolute atomic E-state index is 13.3. The number of nitriles is 1. The number of nitrogens with two attached hydrogens (primary N) is 1. The summed E-state index contributed by atoms with van der Waals surface area (Å²) in [5.41, 5.74) is 6.97. The number of nitrogens with zero attached hydrogens (tertiary/aromatic N) is 4. The predicted molar refractivity (Wildman–Crippen MR) is 125 cm³/mol. The number of thiazole rings is 1. The fraction of sp³-hybridized carbons (Fsp3) is 0.208. The van der Waals surface area contributed by atoms with Crippen LogP contribution in [0.3, 0.4) is 0 Å². The van der Waals surface area contributed by atoms with Crippen LogP contribution in [0, 0.1) is 11.3 Å². The molecule has 0 saturated heterocycles. The quantitative estimate of drug-likeness (QED) is 0.588. The third-order valence-electron chi connectivity index (χ3n) is 4.93. The smallest absolute Gasteiger partial charge is 0.339 e. The van der Waals surface area contributed by atoms with E-state index in [-0.39, 0.29) is 17.0 Å². The van der Waals surface area contributed by atoms with Crippen LogP contribution in [0.15, 0.2) is 59.4 Å². The standard InChI is InChI=1S/C24H21N5O3S/c1-24(2,3)32-23(31)19-18(15-6-10-28-11-7-15)16(13-25)22-29(20(19)26)21(30)17(33-22)12-14-4-8-27-9-5-14/h4-12,18H,26H2,1-3H3. The minimum absolute atomic E-state index is 0.0457. The summed E-state index contributed by atoms with van der Waals surface area (Å²) < 4.78 is 7.60. The molecule has 4 rings (SSSR count). The highest BCUT2D eigenvalue weighted by molar-refractivity contribution is 7.07. The zero-order valence-electron chi connectivity index (χ0n) is 18.3. The van der Waals surface area contributed by atoms with Gasteiger partial charge in [-0.3, -0.25) is 19.3 Å². The molecule has 33 heavy (non-hydrogen) atoms. The number of rotatable bonds is 3. The van der Waals surface area contributed by atoms with Crippen molar-refractivity contribution >= 4 is 34.8 Å². The predicted octanol–water partition coefficient (Wildman–Crippen LogP) is 1.47. The third-order valence-corrected chi connectivity index (χ3v) is 6.04. The molecule has 3 aromatic heterocycles. The zero-order chi connectivity index (χ0) is 23.8. The first-order chi connectivity index (χ1) is 15.7. The molecule has 1 aliphatic rings. The topological polar surface area (TPSA) is 124 Å². The number of pyridine rings is 2. The van der Waals surface area contributed by atoms with Crippen molar-refractivity contribution in [2.75, 3.05) is 0 Å². The van der Waals surface area contributed by atoms with E-state index in [9.17, 15) is 14.9 Å². The molecule has 1 unspecified atom stereocenters. The van der Waals surface area contributed by atoms with E-state index in [0.717, 1.165) is 16.9 Å². The highest BCUT2D eigenvalue weighted by Gasteiger charge is 2.37. The largest absolute Gasteiger partial charge is 0.456 e. The molecule has 8 nitrogen and oxygen atoms in total. The average Bonchev–Trinajstić information content (AvgIpc) is 3.09. The fourth-order valence-electron chi connectivity index (χ4n) is 3.59. The van der Waals surface area contributed by atoms with Crippen molar-refractivity contribution in [2.45, 2.75) is 32.3 Å². The molecular weight excluding hydrogens is 438 g/mol. The summed E-state index contributed by atoms with van der Waals surface area (Å²) in [5.74, 6) is -1.52. The van der Waals surface area contributed by atoms with Gasteiger partial charge in [0.15, 0.2) is 0 Å². The van der Waals surface area contributed by atoms with Gasteiger partial charge in [0.25, 0.3) is 5.56 Å². The van der Waals surface area contributed by atoms with E-state index in [4.69, 9.17) is 10.5 Å². The summed E-state index contributed by atoms with van der Waals surface area (Å²) in [7, 11) is 0. The number of fused-ring (bicyclic) bond motifs is 1. The third kappa shape index (κ3) is 4.21. The normalized spacial score (nSPS) is 16.4. The van der Waals surface area contributed by atoms with Crippen LogP contribution in [-0.4, -0.2) is 26.1 Å². The molecular formula is C24H21N5O3S. The van der Waals surface area contributed by atoms with E-state index < -0.39 is 23.0 Å². The molecule has 0 bridgehead atoms. The molecule has 166 valence electrons. The number of esters is 1. The van der Waals surface area contributed by atoms with Crippen molar-refractivity contribution in [2.24, 2.45) is 5.73 Å². The van der Waals surface area contributed by atoms with E-state index >= 15 is 0 Å². The van der Waals surface area contributed by atoms with Crippen LogP contribution in [0.4, 0.5) is 0 Å². The van der Waals surface area contributed by atoms with Crippen LogP contribution in [0.1, 0.15) is 37.8 Å². The highest BCUT2D eigenvalue weighted by atomic mass is 32.1. The lowest BCUT2D eigenvalue weighted by Gasteiger charge is -2.28. The van der Waals surface area contributed by atoms with Crippen molar-refractivity contribution in [1.82, 2.24) is 14.5 Å². The zero-order valence-corrected chi connectivity index (χ0v) is 19.1. The lowest BCUT2D eigenvalue weighted by Crippen LogP contribution is -2.41. The van der Waals surface area contributed by atoms with Gasteiger partial charge < -0.3 is 10.5 Å². The highest BCUT2D eigenvalue weighted by Crippen LogP contribution is 2.37. The Kier molecular flexibility index (Phi) is 5.70. The minimum Gasteiger partial charge on any atom is -0.456 e. The molecule has 0 saturated carbocycles. The number of hydrogen-bond acceptors (Lipinski definition) is 8. The van der Waals surface area contributed by atoms with Crippen molar-refractivity contribution < 1.29 is 9.53 Å². The molecule has 0 fully saturated rings. The Balaban J connectivity index is 2.05. The molecule has 2 N–H and O–H groups in total. The minimum atomic E-state index is -0.792. The number of carbonyl (C=O) groups excluding carboxylic acids is 1. The van der Waals surface area contributed by atoms with E-state index in [1.807, 2.05) is 0 Å². The maximum atomic E-state index is 13.3. The number of aromatic nitrogens is 3. The van der Waals surface area contributed by atoms with Gasteiger partial charge in [-0.25, -0.2) is 4.79 Å². The fourth-order valence-corrected chi connectivity index (χ4v) is 4.71. The molecule has 0 amide bonds. The van der Waals surface area contributed by atoms with Crippen LogP contribution < -0.4 is 20.5 Å². The van der Waals surface area contributed by atoms with Crippen LogP contribution >= 0.6 is 11.3 Å². The van der Waals surface area contributed by atoms with Crippen molar-refractivity contribution in [3.05, 3.63) is 85.3 Å². The Morgan fingerprint density at radius 3 is 2.36 bits per heavy atom. The molecule has 0 radical (unpaired) electrons. The summed E-state index contributed by atoms with van der Waals surface area (Å²) in [4.78, 5) is 34.6. The maximum Gasteiger partial charge on any atom is 0.339 e. The van der Waals surface area contributed by atoms with E-state index in [1.165, 1.54) is 4.57 Å². The molecule has 0 aliphatic carbocycles. The van der Waals surface area contributed by atoms with Gasteiger partial charge in [0.2, 0.25) is 0 Å². The second kappa shape index (κ2) is 8.48. The SMILES string of the molecule is CC(C)(C)OC(=O)C1=C(N)n2c(sc(=Cc3ccncc3)c2=O)=C(C#N)C1c1ccncc1. The summed E-state index contributed by atoms with van der Waals surface area (Å²) in [6.07, 6.45) is 8.10. The second-order valence-corrected chi connectivity index (χ2v) is 9.41. The summed E-state index contributed by atoms with van der Waals surface area (Å²) in [6.45, 7) is 5.22. The second-order valence-electron chi connectivity index (χ2n) is 8.38. The number of carbonyl (C=O) groups is 1. The lowest BCUT2D eigenvalue weighted by atomic mass is 9.84. The van der Waals surface area contributed by atoms with Crippen LogP contribution in [0.25, 0.3) is 17.5 Å². The van der Waals surface area contributed by atoms with Gasteiger partial charge in [0.1, 0.15) is 16.1 Å². The molecule has 3 aromatic rings. The van der Waals surface area contributed by atoms with Crippen LogP contribution in [0.5, 0.6) is 0 Å². The molecule has 9 heteroatoms. The summed E-state index contributed by atoms with van der Waals surface area (Å²) in [6, 6.07) is 9.17. The Bertz CT molecular complexity index is 1470. The van der Waals surface area contributed by atoms with Crippen LogP contribution in [0.2, 0.25) is 0 Å². The molecule has 0 aromatic carbocycles. The van der Waals surface area contributed by atoms with Gasteiger partial charge in [-0.1, -0.05) is 0 Å². The van der Waals surface area contributed by atoms with E-state index in [1.54, 1.807) is 75.9 Å². The molecule has 4 heterocycles. The lowest BCUT2D eigenvalue weighted by molar-refractivity contribution is -0.150. The average molecular weight is 460 g/mol. The Morgan fingerprint density at radius 2 is 1.79 bits per heavy atom. The van der Waals surface area contributed by atoms with Crippen molar-refractivity contribution in [1.29, 1.82) is 5.26 Å². The molecule has 0 spiro atoms. The first-order valence-corrected chi connectivity index (χ1v) is 10.9. The first-order valence-electron chi connectivity index (χ1n) is 10.1. The van der Waals surface area contributed by atoms with Crippen molar-refractivity contribution in [3.63, 3.8) is 0 Å². The monoisotopic (exact) mass is 459 g/mol. The number of ether oxygens (including phenoxy) is 1. The van der Waals surface area contributed by atoms with Gasteiger partial charge in [0.05, 0.1) is 27.7 Å². The Morgan fingerprint density at radius 1 is 1.18 bits per heavy atom. The van der Waals surface area contributed by atoms with Crippen molar-refractivity contribution in [3.8, 4) is 6.07 Å². The van der Waals surface area contributed by atoms with Crippen LogP contribution in [-0.2, 0) is 9.53 Å².